The third-order valence-corrected chi connectivity index (χ3v) is 5.53. The Morgan fingerprint density at radius 1 is 1.08 bits per heavy atom. The largest absolute Gasteiger partial charge is 0.363 e. The summed E-state index contributed by atoms with van der Waals surface area (Å²) in [6.45, 7) is 9.64. The quantitative estimate of drug-likeness (QED) is 0.483. The average molecular weight is 408 g/mol. The maximum atomic E-state index is 6.56. The molecule has 5 heteroatoms. The van der Waals surface area contributed by atoms with Gasteiger partial charge in [-0.15, -0.1) is 0 Å². The van der Waals surface area contributed by atoms with Gasteiger partial charge in [-0.05, 0) is 63.6 Å². The maximum absolute atomic E-state index is 6.56. The first kappa shape index (κ1) is 19.3. The zero-order chi connectivity index (χ0) is 19.1. The van der Waals surface area contributed by atoms with Gasteiger partial charge in [-0.25, -0.2) is 0 Å². The van der Waals surface area contributed by atoms with Crippen molar-refractivity contribution < 1.29 is 0 Å². The van der Waals surface area contributed by atoms with Crippen LogP contribution in [0.1, 0.15) is 38.8 Å². The number of hydrogen-bond donors (Lipinski definition) is 0. The minimum Gasteiger partial charge on any atom is -0.363 e. The van der Waals surface area contributed by atoms with E-state index in [1.165, 1.54) is 11.1 Å². The lowest BCUT2D eigenvalue weighted by atomic mass is 9.88. The molecule has 0 amide bonds. The Balaban J connectivity index is 2.04. The van der Waals surface area contributed by atoms with Crippen LogP contribution in [0, 0.1) is 0 Å². The summed E-state index contributed by atoms with van der Waals surface area (Å²) in [5.74, 6) is 0. The van der Waals surface area contributed by atoms with Gasteiger partial charge in [0.05, 0.1) is 21.3 Å². The summed E-state index contributed by atoms with van der Waals surface area (Å²) in [5.41, 5.74) is 5.06. The van der Waals surface area contributed by atoms with Crippen LogP contribution in [0.3, 0.4) is 0 Å². The van der Waals surface area contributed by atoms with Crippen LogP contribution in [-0.4, -0.2) is 18.3 Å². The number of benzene rings is 2. The summed E-state index contributed by atoms with van der Waals surface area (Å²) >= 11 is 18.7. The molecule has 0 bridgehead atoms. The SMILES string of the molecule is CCN1c2cc(Cl)c(C=Nc3ccc(Cl)cc3Cl)cc2C(C)=CC1(C)C. The van der Waals surface area contributed by atoms with Crippen molar-refractivity contribution in [3.8, 4) is 0 Å². The van der Waals surface area contributed by atoms with Crippen LogP contribution in [0.2, 0.25) is 15.1 Å². The van der Waals surface area contributed by atoms with Crippen LogP contribution in [0.25, 0.3) is 5.57 Å². The molecule has 0 spiro atoms. The van der Waals surface area contributed by atoms with Crippen molar-refractivity contribution in [2.75, 3.05) is 11.4 Å². The van der Waals surface area contributed by atoms with Crippen molar-refractivity contribution in [3.05, 3.63) is 62.6 Å². The van der Waals surface area contributed by atoms with E-state index >= 15 is 0 Å². The van der Waals surface area contributed by atoms with Crippen LogP contribution in [0.5, 0.6) is 0 Å². The standard InChI is InChI=1S/C21H21Cl3N2/c1-5-26-20-10-17(23)14(8-16(20)13(2)11-21(26,3)4)12-25-19-7-6-15(22)9-18(19)24/h6-12H,5H2,1-4H3. The molecule has 2 aromatic rings. The molecule has 1 aliphatic rings. The summed E-state index contributed by atoms with van der Waals surface area (Å²) < 4.78 is 0. The number of fused-ring (bicyclic) bond motifs is 1. The van der Waals surface area contributed by atoms with Gasteiger partial charge in [0.1, 0.15) is 0 Å². The molecule has 0 fully saturated rings. The molecule has 2 aromatic carbocycles. The van der Waals surface area contributed by atoms with Crippen molar-refractivity contribution in [1.29, 1.82) is 0 Å². The van der Waals surface area contributed by atoms with Crippen molar-refractivity contribution in [2.45, 2.75) is 33.2 Å². The van der Waals surface area contributed by atoms with E-state index in [0.29, 0.717) is 20.8 Å². The number of aliphatic imine (C=N–C) groups is 1. The monoisotopic (exact) mass is 406 g/mol. The second-order valence-corrected chi connectivity index (χ2v) is 8.22. The molecule has 0 aliphatic carbocycles. The Kier molecular flexibility index (Phi) is 5.39. The third kappa shape index (κ3) is 3.64. The van der Waals surface area contributed by atoms with Gasteiger partial charge in [-0.2, -0.15) is 0 Å². The zero-order valence-electron chi connectivity index (χ0n) is 15.3. The lowest BCUT2D eigenvalue weighted by Crippen LogP contribution is -2.44. The second kappa shape index (κ2) is 7.26. The molecule has 0 atom stereocenters. The molecular formula is C21H21Cl3N2. The van der Waals surface area contributed by atoms with Gasteiger partial charge in [0.25, 0.3) is 0 Å². The Bertz CT molecular complexity index is 914. The van der Waals surface area contributed by atoms with Crippen LogP contribution in [-0.2, 0) is 0 Å². The van der Waals surface area contributed by atoms with Crippen LogP contribution < -0.4 is 4.90 Å². The highest BCUT2D eigenvalue weighted by Crippen LogP contribution is 2.41. The summed E-state index contributed by atoms with van der Waals surface area (Å²) in [5, 5.41) is 1.77. The highest BCUT2D eigenvalue weighted by Gasteiger charge is 2.30. The average Bonchev–Trinajstić information content (AvgIpc) is 2.54. The van der Waals surface area contributed by atoms with E-state index in [1.54, 1.807) is 24.4 Å². The van der Waals surface area contributed by atoms with Gasteiger partial charge < -0.3 is 4.90 Å². The van der Waals surface area contributed by atoms with Gasteiger partial charge in [0.15, 0.2) is 0 Å². The number of rotatable bonds is 3. The molecule has 136 valence electrons. The van der Waals surface area contributed by atoms with Crippen molar-refractivity contribution >= 4 is 58.0 Å². The maximum Gasteiger partial charge on any atom is 0.0817 e. The Hall–Kier alpha value is -1.48. The van der Waals surface area contributed by atoms with Crippen LogP contribution in [0.4, 0.5) is 11.4 Å². The predicted molar refractivity (Wildman–Crippen MR) is 116 cm³/mol. The van der Waals surface area contributed by atoms with Gasteiger partial charge in [0, 0.05) is 34.6 Å². The number of halogens is 3. The fraction of sp³-hybridized carbons (Fsp3) is 0.286. The van der Waals surface area contributed by atoms with Gasteiger partial charge in [-0.1, -0.05) is 40.9 Å². The van der Waals surface area contributed by atoms with Crippen molar-refractivity contribution in [3.63, 3.8) is 0 Å². The highest BCUT2D eigenvalue weighted by atomic mass is 35.5. The first-order valence-electron chi connectivity index (χ1n) is 8.53. The van der Waals surface area contributed by atoms with E-state index in [1.807, 2.05) is 6.07 Å². The van der Waals surface area contributed by atoms with E-state index in [-0.39, 0.29) is 5.54 Å². The number of allylic oxidation sites excluding steroid dienone is 1. The number of likely N-dealkylation sites (N-methyl/N-ethyl adjacent to an activating group) is 1. The summed E-state index contributed by atoms with van der Waals surface area (Å²) in [6, 6.07) is 9.36. The molecule has 0 saturated carbocycles. The Labute approximate surface area is 170 Å². The molecule has 2 nitrogen and oxygen atoms in total. The molecule has 1 heterocycles. The molecule has 0 radical (unpaired) electrons. The fourth-order valence-electron chi connectivity index (χ4n) is 3.52. The van der Waals surface area contributed by atoms with Crippen LogP contribution >= 0.6 is 34.8 Å². The zero-order valence-corrected chi connectivity index (χ0v) is 17.5. The third-order valence-electron chi connectivity index (χ3n) is 4.66. The molecule has 0 N–H and O–H groups in total. The fourth-order valence-corrected chi connectivity index (χ4v) is 4.18. The first-order valence-corrected chi connectivity index (χ1v) is 9.66. The number of anilines is 1. The summed E-state index contributed by atoms with van der Waals surface area (Å²) in [6.07, 6.45) is 4.05. The lowest BCUT2D eigenvalue weighted by molar-refractivity contribution is 0.566. The number of hydrogen-bond acceptors (Lipinski definition) is 2. The Morgan fingerprint density at radius 3 is 2.46 bits per heavy atom. The van der Waals surface area contributed by atoms with E-state index in [0.717, 1.165) is 17.8 Å². The topological polar surface area (TPSA) is 15.6 Å². The lowest BCUT2D eigenvalue weighted by Gasteiger charge is -2.43. The minimum atomic E-state index is -0.0401. The smallest absolute Gasteiger partial charge is 0.0817 e. The van der Waals surface area contributed by atoms with E-state index < -0.39 is 0 Å². The summed E-state index contributed by atoms with van der Waals surface area (Å²) in [7, 11) is 0. The predicted octanol–water partition coefficient (Wildman–Crippen LogP) is 7.42. The van der Waals surface area contributed by atoms with Crippen molar-refractivity contribution in [1.82, 2.24) is 0 Å². The highest BCUT2D eigenvalue weighted by molar-refractivity contribution is 6.36. The molecule has 26 heavy (non-hydrogen) atoms. The van der Waals surface area contributed by atoms with Crippen molar-refractivity contribution in [2.24, 2.45) is 4.99 Å². The first-order chi connectivity index (χ1) is 12.2. The molecule has 0 unspecified atom stereocenters. The molecule has 0 aromatic heterocycles. The minimum absolute atomic E-state index is 0.0401. The summed E-state index contributed by atoms with van der Waals surface area (Å²) in [4.78, 5) is 6.85. The second-order valence-electron chi connectivity index (χ2n) is 6.97. The molecule has 1 aliphatic heterocycles. The van der Waals surface area contributed by atoms with Crippen LogP contribution in [0.15, 0.2) is 41.4 Å². The van der Waals surface area contributed by atoms with Gasteiger partial charge in [0.2, 0.25) is 0 Å². The molecular weight excluding hydrogens is 387 g/mol. The molecule has 0 saturated heterocycles. The van der Waals surface area contributed by atoms with Gasteiger partial charge >= 0.3 is 0 Å². The Morgan fingerprint density at radius 2 is 1.81 bits per heavy atom. The van der Waals surface area contributed by atoms with E-state index in [4.69, 9.17) is 34.8 Å². The van der Waals surface area contributed by atoms with E-state index in [9.17, 15) is 0 Å². The molecule has 3 rings (SSSR count). The number of nitrogens with zero attached hydrogens (tertiary/aromatic N) is 2. The normalized spacial score (nSPS) is 16.0. The van der Waals surface area contributed by atoms with Gasteiger partial charge in [-0.3, -0.25) is 4.99 Å². The van der Waals surface area contributed by atoms with E-state index in [2.05, 4.69) is 49.7 Å².